The molecule has 74 valence electrons. The molecule has 1 unspecified atom stereocenters. The quantitative estimate of drug-likeness (QED) is 0.434. The summed E-state index contributed by atoms with van der Waals surface area (Å²) in [6, 6.07) is 7.38. The summed E-state index contributed by atoms with van der Waals surface area (Å²) < 4.78 is 5.09. The lowest BCUT2D eigenvalue weighted by molar-refractivity contribution is -0.726. The van der Waals surface area contributed by atoms with Crippen LogP contribution in [-0.2, 0) is 4.74 Å². The third kappa shape index (κ3) is 1.34. The van der Waals surface area contributed by atoms with Crippen molar-refractivity contribution in [2.75, 3.05) is 7.11 Å². The first-order valence-electron chi connectivity index (χ1n) is 4.06. The standard InChI is InChI=1S/C9H9NO3S/c1-13-9-8(10(11)12)6-4-2-3-5-7(6)14-9/h2-5,9H,1H3,(H,11,12). The van der Waals surface area contributed by atoms with Gasteiger partial charge in [0.1, 0.15) is 0 Å². The Labute approximate surface area is 85.4 Å². The average molecular weight is 211 g/mol. The van der Waals surface area contributed by atoms with Crippen LogP contribution in [0.5, 0.6) is 0 Å². The van der Waals surface area contributed by atoms with Gasteiger partial charge in [-0.1, -0.05) is 23.9 Å². The highest BCUT2D eigenvalue weighted by Gasteiger charge is 2.36. The average Bonchev–Trinajstić information content (AvgIpc) is 2.55. The van der Waals surface area contributed by atoms with Crippen molar-refractivity contribution in [2.45, 2.75) is 10.3 Å². The smallest absolute Gasteiger partial charge is 0.292 e. The van der Waals surface area contributed by atoms with Crippen molar-refractivity contribution in [1.82, 2.24) is 0 Å². The van der Waals surface area contributed by atoms with Crippen LogP contribution in [0.3, 0.4) is 0 Å². The molecule has 0 saturated carbocycles. The molecular formula is C9H9NO3S. The first kappa shape index (κ1) is 9.36. The van der Waals surface area contributed by atoms with E-state index < -0.39 is 5.44 Å². The number of nitrogens with zero attached hydrogens (tertiary/aromatic N) is 1. The minimum atomic E-state index is -0.421. The van der Waals surface area contributed by atoms with Crippen LogP contribution in [0, 0.1) is 5.21 Å². The normalized spacial score (nSPS) is 23.4. The first-order chi connectivity index (χ1) is 6.74. The minimum Gasteiger partial charge on any atom is -0.417 e. The lowest BCUT2D eigenvalue weighted by Gasteiger charge is -2.03. The maximum absolute atomic E-state index is 10.9. The minimum absolute atomic E-state index is 0.118. The Hall–Kier alpha value is -1.20. The molecule has 0 aromatic heterocycles. The molecule has 0 spiro atoms. The van der Waals surface area contributed by atoms with Gasteiger partial charge in [0.15, 0.2) is 5.44 Å². The number of rotatable bonds is 1. The lowest BCUT2D eigenvalue weighted by atomic mass is 10.1. The molecular weight excluding hydrogens is 202 g/mol. The zero-order chi connectivity index (χ0) is 10.1. The third-order valence-corrected chi connectivity index (χ3v) is 3.28. The van der Waals surface area contributed by atoms with Crippen LogP contribution >= 0.6 is 11.8 Å². The van der Waals surface area contributed by atoms with Crippen LogP contribution in [0.1, 0.15) is 5.56 Å². The molecule has 1 atom stereocenters. The molecule has 4 nitrogen and oxygen atoms in total. The second-order valence-electron chi connectivity index (χ2n) is 2.84. The van der Waals surface area contributed by atoms with Crippen LogP contribution in [-0.4, -0.2) is 28.4 Å². The molecule has 1 N–H and O–H groups in total. The molecule has 5 heteroatoms. The summed E-state index contributed by atoms with van der Waals surface area (Å²) >= 11 is 1.41. The zero-order valence-corrected chi connectivity index (χ0v) is 8.32. The topological polar surface area (TPSA) is 55.5 Å². The van der Waals surface area contributed by atoms with Gasteiger partial charge in [-0.05, 0) is 12.1 Å². The van der Waals surface area contributed by atoms with Gasteiger partial charge in [0.25, 0.3) is 5.71 Å². The second kappa shape index (κ2) is 3.51. The molecule has 0 saturated heterocycles. The van der Waals surface area contributed by atoms with Crippen molar-refractivity contribution < 1.29 is 14.8 Å². The van der Waals surface area contributed by atoms with Crippen molar-refractivity contribution in [2.24, 2.45) is 0 Å². The number of hydrogen-bond donors (Lipinski definition) is 1. The predicted octanol–water partition coefficient (Wildman–Crippen LogP) is 1.45. The SMILES string of the molecule is COC1Sc2ccccc2/C1=[N+](\[O-])O. The van der Waals surface area contributed by atoms with E-state index in [1.807, 2.05) is 18.2 Å². The summed E-state index contributed by atoms with van der Waals surface area (Å²) in [4.78, 5) is 0.830. The second-order valence-corrected chi connectivity index (χ2v) is 3.94. The molecule has 0 radical (unpaired) electrons. The Morgan fingerprint density at radius 3 is 2.86 bits per heavy atom. The third-order valence-electron chi connectivity index (χ3n) is 2.04. The Bertz CT molecular complexity index is 387. The van der Waals surface area contributed by atoms with Crippen LogP contribution < -0.4 is 0 Å². The number of benzene rings is 1. The highest BCUT2D eigenvalue weighted by atomic mass is 32.2. The summed E-state index contributed by atoms with van der Waals surface area (Å²) in [6.45, 7) is 0. The van der Waals surface area contributed by atoms with E-state index in [0.717, 1.165) is 10.5 Å². The Morgan fingerprint density at radius 2 is 2.21 bits per heavy atom. The van der Waals surface area contributed by atoms with E-state index in [0.29, 0.717) is 0 Å². The summed E-state index contributed by atoms with van der Waals surface area (Å²) in [6.07, 6.45) is 0. The van der Waals surface area contributed by atoms with Crippen molar-refractivity contribution in [1.29, 1.82) is 0 Å². The van der Waals surface area contributed by atoms with Crippen LogP contribution in [0.25, 0.3) is 0 Å². The molecule has 1 aliphatic rings. The molecule has 0 amide bonds. The van der Waals surface area contributed by atoms with Gasteiger partial charge >= 0.3 is 0 Å². The summed E-state index contributed by atoms with van der Waals surface area (Å²) in [5.41, 5.74) is 0.574. The van der Waals surface area contributed by atoms with Gasteiger partial charge in [-0.25, -0.2) is 0 Å². The van der Waals surface area contributed by atoms with Crippen molar-refractivity contribution in [3.8, 4) is 0 Å². The van der Waals surface area contributed by atoms with Gasteiger partial charge < -0.3 is 9.94 Å². The molecule has 0 aliphatic carbocycles. The van der Waals surface area contributed by atoms with Crippen LogP contribution in [0.4, 0.5) is 0 Å². The molecule has 0 bridgehead atoms. The molecule has 0 fully saturated rings. The number of thioether (sulfide) groups is 1. The Balaban J connectivity index is 2.54. The maximum Gasteiger partial charge on any atom is 0.292 e. The highest BCUT2D eigenvalue weighted by molar-refractivity contribution is 8.01. The van der Waals surface area contributed by atoms with E-state index in [-0.39, 0.29) is 10.6 Å². The number of fused-ring (bicyclic) bond motifs is 1. The van der Waals surface area contributed by atoms with E-state index in [4.69, 9.17) is 9.94 Å². The fourth-order valence-corrected chi connectivity index (χ4v) is 2.54. The Kier molecular flexibility index (Phi) is 2.35. The van der Waals surface area contributed by atoms with Gasteiger partial charge in [0.05, 0.1) is 5.56 Å². The maximum atomic E-state index is 10.9. The zero-order valence-electron chi connectivity index (χ0n) is 7.51. The molecule has 1 aromatic carbocycles. The van der Waals surface area contributed by atoms with Gasteiger partial charge in [-0.2, -0.15) is 0 Å². The fourth-order valence-electron chi connectivity index (χ4n) is 1.43. The summed E-state index contributed by atoms with van der Waals surface area (Å²) in [5, 5.41) is 19.9. The van der Waals surface area contributed by atoms with Gasteiger partial charge in [0.2, 0.25) is 0 Å². The van der Waals surface area contributed by atoms with E-state index in [2.05, 4.69) is 0 Å². The number of methoxy groups -OCH3 is 1. The molecule has 1 aliphatic heterocycles. The highest BCUT2D eigenvalue weighted by Crippen LogP contribution is 2.37. The van der Waals surface area contributed by atoms with Gasteiger partial charge in [-0.3, -0.25) is 5.21 Å². The predicted molar refractivity (Wildman–Crippen MR) is 52.6 cm³/mol. The van der Waals surface area contributed by atoms with Gasteiger partial charge in [-0.15, -0.1) is 0 Å². The molecule has 2 rings (SSSR count). The van der Waals surface area contributed by atoms with Crippen molar-refractivity contribution >= 4 is 17.5 Å². The first-order valence-corrected chi connectivity index (χ1v) is 4.94. The van der Waals surface area contributed by atoms with Gasteiger partial charge in [0, 0.05) is 16.9 Å². The van der Waals surface area contributed by atoms with E-state index in [9.17, 15) is 5.21 Å². The Morgan fingerprint density at radius 1 is 1.50 bits per heavy atom. The van der Waals surface area contributed by atoms with Crippen LogP contribution in [0.2, 0.25) is 0 Å². The van der Waals surface area contributed by atoms with Crippen molar-refractivity contribution in [3.05, 3.63) is 35.0 Å². The molecule has 1 heterocycles. The van der Waals surface area contributed by atoms with E-state index in [1.165, 1.54) is 18.9 Å². The van der Waals surface area contributed by atoms with Crippen LogP contribution in [0.15, 0.2) is 29.2 Å². The van der Waals surface area contributed by atoms with E-state index >= 15 is 0 Å². The van der Waals surface area contributed by atoms with E-state index in [1.54, 1.807) is 6.07 Å². The molecule has 1 aromatic rings. The number of hydrogen-bond acceptors (Lipinski definition) is 4. The summed E-state index contributed by atoms with van der Waals surface area (Å²) in [5.74, 6) is 0. The largest absolute Gasteiger partial charge is 0.417 e. The van der Waals surface area contributed by atoms with Crippen molar-refractivity contribution in [3.63, 3.8) is 0 Å². The summed E-state index contributed by atoms with van der Waals surface area (Å²) in [7, 11) is 1.51. The lowest BCUT2D eigenvalue weighted by Crippen LogP contribution is -2.23. The molecule has 14 heavy (non-hydrogen) atoms. The number of ether oxygens (including phenoxy) is 1. The monoisotopic (exact) mass is 211 g/mol. The fraction of sp³-hybridized carbons (Fsp3) is 0.222.